The molecule has 0 atom stereocenters. The molecule has 0 saturated carbocycles. The van der Waals surface area contributed by atoms with Crippen LogP contribution < -0.4 is 5.73 Å². The highest BCUT2D eigenvalue weighted by molar-refractivity contribution is 6.28. The van der Waals surface area contributed by atoms with Crippen molar-refractivity contribution in [2.24, 2.45) is 0 Å². The number of ether oxygens (including phenoxy) is 1. The fourth-order valence-electron chi connectivity index (χ4n) is 2.75. The van der Waals surface area contributed by atoms with E-state index in [9.17, 15) is 4.79 Å². The van der Waals surface area contributed by atoms with Crippen LogP contribution >= 0.6 is 11.6 Å². The van der Waals surface area contributed by atoms with Crippen LogP contribution in [0.25, 0.3) is 28.2 Å². The molecule has 0 aliphatic heterocycles. The number of carbonyl (C=O) groups is 1. The number of imidazole rings is 1. The first-order valence-electron chi connectivity index (χ1n) is 7.89. The van der Waals surface area contributed by atoms with E-state index in [1.807, 2.05) is 6.07 Å². The van der Waals surface area contributed by atoms with Crippen LogP contribution in [-0.4, -0.2) is 37.6 Å². The number of nitrogen functional groups attached to an aromatic ring is 1. The predicted molar refractivity (Wildman–Crippen MR) is 101 cm³/mol. The number of halogens is 1. The van der Waals surface area contributed by atoms with Gasteiger partial charge in [0.05, 0.1) is 24.4 Å². The molecule has 9 heteroatoms. The van der Waals surface area contributed by atoms with Gasteiger partial charge in [-0.1, -0.05) is 0 Å². The van der Waals surface area contributed by atoms with Gasteiger partial charge in [-0.25, -0.2) is 19.7 Å². The first kappa shape index (κ1) is 16.9. The number of nitrogens with two attached hydrogens (primary N) is 1. The van der Waals surface area contributed by atoms with Crippen molar-refractivity contribution < 1.29 is 9.53 Å². The molecule has 0 aliphatic carbocycles. The molecule has 3 heterocycles. The Morgan fingerprint density at radius 2 is 1.93 bits per heavy atom. The second-order valence-corrected chi connectivity index (χ2v) is 5.93. The number of pyridine rings is 1. The summed E-state index contributed by atoms with van der Waals surface area (Å²) in [5.41, 5.74) is 8.90. The molecule has 0 fully saturated rings. The molecule has 4 rings (SSSR count). The highest BCUT2D eigenvalue weighted by atomic mass is 35.5. The Kier molecular flexibility index (Phi) is 4.17. The Hall–Kier alpha value is -3.52. The van der Waals surface area contributed by atoms with E-state index < -0.39 is 5.97 Å². The second kappa shape index (κ2) is 6.65. The summed E-state index contributed by atoms with van der Waals surface area (Å²) in [5, 5.41) is 0.0977. The predicted octanol–water partition coefficient (Wildman–Crippen LogP) is 2.90. The van der Waals surface area contributed by atoms with Crippen molar-refractivity contribution in [3.8, 4) is 17.1 Å². The molecule has 0 spiro atoms. The van der Waals surface area contributed by atoms with Crippen molar-refractivity contribution in [2.75, 3.05) is 12.8 Å². The molecule has 4 aromatic rings. The lowest BCUT2D eigenvalue weighted by Crippen LogP contribution is -2.04. The van der Waals surface area contributed by atoms with Crippen molar-refractivity contribution in [1.29, 1.82) is 0 Å². The SMILES string of the molecule is COC(=O)c1ccc(-n2c(-c3cccnc3N)nc3cnc(Cl)nc32)cc1. The zero-order valence-corrected chi connectivity index (χ0v) is 14.9. The lowest BCUT2D eigenvalue weighted by atomic mass is 10.2. The standard InChI is InChI=1S/C18H13ClN6O2/c1-27-17(26)10-4-6-11(7-5-10)25-15(12-3-2-8-21-14(12)20)23-13-9-22-18(19)24-16(13)25/h2-9H,1H3,(H2,20,21). The molecule has 27 heavy (non-hydrogen) atoms. The Morgan fingerprint density at radius 1 is 1.15 bits per heavy atom. The summed E-state index contributed by atoms with van der Waals surface area (Å²) in [7, 11) is 1.34. The van der Waals surface area contributed by atoms with E-state index >= 15 is 0 Å². The average molecular weight is 381 g/mol. The number of methoxy groups -OCH3 is 1. The number of carbonyl (C=O) groups excluding carboxylic acids is 1. The van der Waals surface area contributed by atoms with Crippen LogP contribution in [0.3, 0.4) is 0 Å². The summed E-state index contributed by atoms with van der Waals surface area (Å²) >= 11 is 5.99. The summed E-state index contributed by atoms with van der Waals surface area (Å²) in [5.74, 6) is 0.455. The molecule has 0 amide bonds. The molecule has 8 nitrogen and oxygen atoms in total. The van der Waals surface area contributed by atoms with Crippen LogP contribution in [0, 0.1) is 0 Å². The molecular weight excluding hydrogens is 368 g/mol. The van der Waals surface area contributed by atoms with Gasteiger partial charge in [-0.05, 0) is 48.0 Å². The fourth-order valence-corrected chi connectivity index (χ4v) is 2.88. The van der Waals surface area contributed by atoms with E-state index in [1.165, 1.54) is 7.11 Å². The highest BCUT2D eigenvalue weighted by Crippen LogP contribution is 2.30. The number of anilines is 1. The summed E-state index contributed by atoms with van der Waals surface area (Å²) in [6.07, 6.45) is 3.15. The monoisotopic (exact) mass is 380 g/mol. The third-order valence-corrected chi connectivity index (χ3v) is 4.18. The van der Waals surface area contributed by atoms with Gasteiger partial charge in [-0.15, -0.1) is 0 Å². The number of nitrogens with zero attached hydrogens (tertiary/aromatic N) is 5. The van der Waals surface area contributed by atoms with Gasteiger partial charge in [-0.3, -0.25) is 4.57 Å². The van der Waals surface area contributed by atoms with Crippen LogP contribution in [0.15, 0.2) is 48.8 Å². The molecule has 0 radical (unpaired) electrons. The van der Waals surface area contributed by atoms with Crippen LogP contribution in [0.1, 0.15) is 10.4 Å². The number of hydrogen-bond acceptors (Lipinski definition) is 7. The van der Waals surface area contributed by atoms with Gasteiger partial charge in [0, 0.05) is 11.9 Å². The molecule has 2 N–H and O–H groups in total. The Morgan fingerprint density at radius 3 is 2.63 bits per heavy atom. The second-order valence-electron chi connectivity index (χ2n) is 5.59. The zero-order chi connectivity index (χ0) is 19.0. The molecule has 0 unspecified atom stereocenters. The van der Waals surface area contributed by atoms with Gasteiger partial charge in [0.2, 0.25) is 5.28 Å². The topological polar surface area (TPSA) is 109 Å². The van der Waals surface area contributed by atoms with Crippen LogP contribution in [0.4, 0.5) is 5.82 Å². The lowest BCUT2D eigenvalue weighted by Gasteiger charge is -2.10. The van der Waals surface area contributed by atoms with E-state index in [2.05, 4.69) is 19.9 Å². The largest absolute Gasteiger partial charge is 0.465 e. The first-order valence-corrected chi connectivity index (χ1v) is 8.27. The van der Waals surface area contributed by atoms with Crippen LogP contribution in [-0.2, 0) is 4.74 Å². The highest BCUT2D eigenvalue weighted by Gasteiger charge is 2.19. The maximum atomic E-state index is 11.7. The average Bonchev–Trinajstić information content (AvgIpc) is 3.06. The van der Waals surface area contributed by atoms with Crippen molar-refractivity contribution >= 4 is 34.6 Å². The van der Waals surface area contributed by atoms with Crippen LogP contribution in [0.5, 0.6) is 0 Å². The molecule has 0 bridgehead atoms. The third kappa shape index (κ3) is 2.96. The van der Waals surface area contributed by atoms with E-state index in [-0.39, 0.29) is 5.28 Å². The number of hydrogen-bond donors (Lipinski definition) is 1. The Labute approximate surface area is 158 Å². The molecular formula is C18H13ClN6O2. The smallest absolute Gasteiger partial charge is 0.337 e. The summed E-state index contributed by atoms with van der Waals surface area (Å²) in [6, 6.07) is 10.4. The molecule has 3 aromatic heterocycles. The molecule has 0 saturated heterocycles. The zero-order valence-electron chi connectivity index (χ0n) is 14.1. The molecule has 134 valence electrons. The number of benzene rings is 1. The van der Waals surface area contributed by atoms with Gasteiger partial charge >= 0.3 is 5.97 Å². The Balaban J connectivity index is 1.98. The van der Waals surface area contributed by atoms with Crippen molar-refractivity contribution in [3.05, 3.63) is 59.6 Å². The fraction of sp³-hybridized carbons (Fsp3) is 0.0556. The minimum Gasteiger partial charge on any atom is -0.465 e. The summed E-state index contributed by atoms with van der Waals surface area (Å²) in [4.78, 5) is 28.7. The number of esters is 1. The minimum absolute atomic E-state index is 0.0977. The number of fused-ring (bicyclic) bond motifs is 1. The van der Waals surface area contributed by atoms with Crippen LogP contribution in [0.2, 0.25) is 5.28 Å². The lowest BCUT2D eigenvalue weighted by molar-refractivity contribution is 0.0601. The van der Waals surface area contributed by atoms with Crippen molar-refractivity contribution in [1.82, 2.24) is 24.5 Å². The van der Waals surface area contributed by atoms with Gasteiger partial charge in [0.25, 0.3) is 0 Å². The quantitative estimate of drug-likeness (QED) is 0.430. The molecule has 0 aliphatic rings. The van der Waals surface area contributed by atoms with E-state index in [4.69, 9.17) is 22.1 Å². The maximum Gasteiger partial charge on any atom is 0.337 e. The van der Waals surface area contributed by atoms with E-state index in [1.54, 1.807) is 47.3 Å². The van der Waals surface area contributed by atoms with Crippen molar-refractivity contribution in [2.45, 2.75) is 0 Å². The number of aromatic nitrogens is 5. The van der Waals surface area contributed by atoms with Gasteiger partial charge < -0.3 is 10.5 Å². The van der Waals surface area contributed by atoms with Gasteiger partial charge in [-0.2, -0.15) is 4.98 Å². The van der Waals surface area contributed by atoms with Crippen molar-refractivity contribution in [3.63, 3.8) is 0 Å². The van der Waals surface area contributed by atoms with Gasteiger partial charge in [0.1, 0.15) is 11.3 Å². The third-order valence-electron chi connectivity index (χ3n) is 4.00. The molecule has 1 aromatic carbocycles. The summed E-state index contributed by atoms with van der Waals surface area (Å²) < 4.78 is 6.53. The maximum absolute atomic E-state index is 11.7. The Bertz CT molecular complexity index is 1160. The normalized spacial score (nSPS) is 10.9. The van der Waals surface area contributed by atoms with E-state index in [0.29, 0.717) is 33.9 Å². The minimum atomic E-state index is -0.417. The van der Waals surface area contributed by atoms with E-state index in [0.717, 1.165) is 5.69 Å². The summed E-state index contributed by atoms with van der Waals surface area (Å²) in [6.45, 7) is 0. The first-order chi connectivity index (χ1) is 13.1. The number of rotatable bonds is 3. The van der Waals surface area contributed by atoms with Gasteiger partial charge in [0.15, 0.2) is 11.5 Å².